The summed E-state index contributed by atoms with van der Waals surface area (Å²) in [4.78, 5) is 24.7. The van der Waals surface area contributed by atoms with E-state index in [1.54, 1.807) is 12.1 Å². The van der Waals surface area contributed by atoms with E-state index in [4.69, 9.17) is 5.73 Å². The zero-order valence-electron chi connectivity index (χ0n) is 16.1. The summed E-state index contributed by atoms with van der Waals surface area (Å²) in [6.07, 6.45) is 4.07. The molecule has 2 aromatic carbocycles. The van der Waals surface area contributed by atoms with Gasteiger partial charge in [-0.2, -0.15) is 0 Å². The second kappa shape index (κ2) is 8.06. The van der Waals surface area contributed by atoms with E-state index < -0.39 is 5.91 Å². The predicted octanol–water partition coefficient (Wildman–Crippen LogP) is 3.64. The minimum Gasteiger partial charge on any atom is -0.366 e. The van der Waals surface area contributed by atoms with Crippen LogP contribution < -0.4 is 11.1 Å². The number of aryl methyl sites for hydroxylation is 1. The average molecular weight is 383 g/mol. The van der Waals surface area contributed by atoms with Gasteiger partial charge in [-0.1, -0.05) is 30.3 Å². The molecule has 0 saturated heterocycles. The lowest BCUT2D eigenvalue weighted by Crippen LogP contribution is -2.12. The molecule has 0 aliphatic carbocycles. The summed E-state index contributed by atoms with van der Waals surface area (Å²) in [5.74, 6) is 0.168. The highest BCUT2D eigenvalue weighted by molar-refractivity contribution is 6.06. The van der Waals surface area contributed by atoms with Crippen LogP contribution in [0.25, 0.3) is 10.9 Å². The molecule has 2 heterocycles. The van der Waals surface area contributed by atoms with Gasteiger partial charge in [-0.3, -0.25) is 9.78 Å². The van der Waals surface area contributed by atoms with Crippen molar-refractivity contribution in [2.45, 2.75) is 19.9 Å². The number of hydrogen-bond donors (Lipinski definition) is 2. The number of anilines is 1. The number of nitrogens with zero attached hydrogens (tertiary/aromatic N) is 3. The third-order valence-corrected chi connectivity index (χ3v) is 4.74. The fraction of sp³-hybridized carbons (Fsp3) is 0.130. The van der Waals surface area contributed by atoms with Crippen LogP contribution in [0.4, 0.5) is 5.82 Å². The molecule has 0 radical (unpaired) electrons. The van der Waals surface area contributed by atoms with Gasteiger partial charge in [-0.25, -0.2) is 9.97 Å². The predicted molar refractivity (Wildman–Crippen MR) is 114 cm³/mol. The standard InChI is InChI=1S/C23H21N5O/c1-15-8-9-25-18(10-15)12-16-4-2-5-17(11-16)13-26-23-20-7-3-6-19(22(24)29)21(20)27-14-28-23/h2-11,14H,12-13H2,1H3,(H2,24,29)(H,26,27,28). The summed E-state index contributed by atoms with van der Waals surface area (Å²) in [6.45, 7) is 2.67. The molecule has 6 heteroatoms. The van der Waals surface area contributed by atoms with Gasteiger partial charge < -0.3 is 11.1 Å². The molecule has 0 aliphatic heterocycles. The third kappa shape index (κ3) is 4.21. The molecular weight excluding hydrogens is 362 g/mol. The van der Waals surface area contributed by atoms with E-state index in [-0.39, 0.29) is 0 Å². The van der Waals surface area contributed by atoms with E-state index in [9.17, 15) is 4.79 Å². The van der Waals surface area contributed by atoms with Gasteiger partial charge in [0.15, 0.2) is 0 Å². The smallest absolute Gasteiger partial charge is 0.250 e. The van der Waals surface area contributed by atoms with Crippen LogP contribution in [0.1, 0.15) is 32.7 Å². The fourth-order valence-electron chi connectivity index (χ4n) is 3.37. The van der Waals surface area contributed by atoms with Crippen molar-refractivity contribution >= 4 is 22.6 Å². The largest absolute Gasteiger partial charge is 0.366 e. The van der Waals surface area contributed by atoms with Crippen molar-refractivity contribution in [2.24, 2.45) is 5.73 Å². The number of nitrogens with two attached hydrogens (primary N) is 1. The Bertz CT molecular complexity index is 1190. The molecule has 1 amide bonds. The number of carbonyl (C=O) groups is 1. The van der Waals surface area contributed by atoms with Crippen molar-refractivity contribution in [3.63, 3.8) is 0 Å². The number of nitrogens with one attached hydrogen (secondary N) is 1. The summed E-state index contributed by atoms with van der Waals surface area (Å²) in [7, 11) is 0. The highest BCUT2D eigenvalue weighted by Gasteiger charge is 2.11. The van der Waals surface area contributed by atoms with Crippen molar-refractivity contribution in [2.75, 3.05) is 5.32 Å². The minimum absolute atomic E-state index is 0.389. The molecule has 2 aromatic heterocycles. The maximum atomic E-state index is 11.7. The lowest BCUT2D eigenvalue weighted by Gasteiger charge is -2.11. The molecule has 0 saturated carbocycles. The Morgan fingerprint density at radius 3 is 2.66 bits per heavy atom. The van der Waals surface area contributed by atoms with Gasteiger partial charge >= 0.3 is 0 Å². The van der Waals surface area contributed by atoms with Gasteiger partial charge in [-0.05, 0) is 47.9 Å². The Balaban J connectivity index is 1.54. The minimum atomic E-state index is -0.502. The summed E-state index contributed by atoms with van der Waals surface area (Å²) in [5, 5.41) is 4.12. The molecule has 0 aliphatic rings. The molecule has 0 spiro atoms. The van der Waals surface area contributed by atoms with Crippen molar-refractivity contribution in [1.82, 2.24) is 15.0 Å². The van der Waals surface area contributed by atoms with E-state index in [0.717, 1.165) is 23.1 Å². The molecule has 0 bridgehead atoms. The monoisotopic (exact) mass is 383 g/mol. The molecular formula is C23H21N5O. The second-order valence-corrected chi connectivity index (χ2v) is 6.96. The van der Waals surface area contributed by atoms with E-state index >= 15 is 0 Å². The summed E-state index contributed by atoms with van der Waals surface area (Å²) in [5.41, 5.74) is 11.0. The maximum absolute atomic E-state index is 11.7. The van der Waals surface area contributed by atoms with Crippen molar-refractivity contribution in [1.29, 1.82) is 0 Å². The van der Waals surface area contributed by atoms with Crippen LogP contribution in [0.15, 0.2) is 67.1 Å². The summed E-state index contributed by atoms with van der Waals surface area (Å²) >= 11 is 0. The van der Waals surface area contributed by atoms with Gasteiger partial charge in [0.2, 0.25) is 0 Å². The molecule has 6 nitrogen and oxygen atoms in total. The van der Waals surface area contributed by atoms with E-state index in [2.05, 4.69) is 51.5 Å². The average Bonchev–Trinajstić information content (AvgIpc) is 2.72. The SMILES string of the molecule is Cc1ccnc(Cc2cccc(CNc3ncnc4c(C(N)=O)cccc34)c2)c1. The number of fused-ring (bicyclic) bond motifs is 1. The zero-order valence-corrected chi connectivity index (χ0v) is 16.1. The van der Waals surface area contributed by atoms with Gasteiger partial charge in [0, 0.05) is 30.2 Å². The normalized spacial score (nSPS) is 10.8. The number of carbonyl (C=O) groups excluding carboxylic acids is 1. The van der Waals surface area contributed by atoms with Gasteiger partial charge in [-0.15, -0.1) is 0 Å². The zero-order chi connectivity index (χ0) is 20.2. The molecule has 144 valence electrons. The van der Waals surface area contributed by atoms with Gasteiger partial charge in [0.25, 0.3) is 5.91 Å². The van der Waals surface area contributed by atoms with Crippen LogP contribution >= 0.6 is 0 Å². The van der Waals surface area contributed by atoms with E-state index in [0.29, 0.717) is 23.4 Å². The van der Waals surface area contributed by atoms with E-state index in [1.807, 2.05) is 24.4 Å². The number of amides is 1. The molecule has 0 fully saturated rings. The first-order valence-electron chi connectivity index (χ1n) is 9.37. The molecule has 4 rings (SSSR count). The maximum Gasteiger partial charge on any atom is 0.250 e. The number of para-hydroxylation sites is 1. The molecule has 3 N–H and O–H groups in total. The molecule has 4 aromatic rings. The third-order valence-electron chi connectivity index (χ3n) is 4.74. The van der Waals surface area contributed by atoms with Crippen LogP contribution in [-0.2, 0) is 13.0 Å². The Kier molecular flexibility index (Phi) is 5.16. The van der Waals surface area contributed by atoms with Crippen molar-refractivity contribution in [3.05, 3.63) is 95.1 Å². The molecule has 0 atom stereocenters. The highest BCUT2D eigenvalue weighted by Crippen LogP contribution is 2.22. The number of primary amides is 1. The van der Waals surface area contributed by atoms with Crippen molar-refractivity contribution in [3.8, 4) is 0 Å². The van der Waals surface area contributed by atoms with Crippen LogP contribution in [-0.4, -0.2) is 20.9 Å². The Morgan fingerprint density at radius 1 is 1.00 bits per heavy atom. The van der Waals surface area contributed by atoms with Crippen molar-refractivity contribution < 1.29 is 4.79 Å². The Labute approximate surface area is 168 Å². The molecule has 29 heavy (non-hydrogen) atoms. The number of hydrogen-bond acceptors (Lipinski definition) is 5. The Morgan fingerprint density at radius 2 is 1.83 bits per heavy atom. The summed E-state index contributed by atoms with van der Waals surface area (Å²) in [6, 6.07) is 17.8. The van der Waals surface area contributed by atoms with Crippen LogP contribution in [0.3, 0.4) is 0 Å². The van der Waals surface area contributed by atoms with Crippen LogP contribution in [0.2, 0.25) is 0 Å². The topological polar surface area (TPSA) is 93.8 Å². The van der Waals surface area contributed by atoms with E-state index in [1.165, 1.54) is 17.5 Å². The number of pyridine rings is 1. The Hall–Kier alpha value is -3.80. The molecule has 0 unspecified atom stereocenters. The second-order valence-electron chi connectivity index (χ2n) is 6.96. The first-order chi connectivity index (χ1) is 14.1. The quantitative estimate of drug-likeness (QED) is 0.530. The lowest BCUT2D eigenvalue weighted by atomic mass is 10.0. The number of benzene rings is 2. The van der Waals surface area contributed by atoms with Gasteiger partial charge in [0.1, 0.15) is 12.1 Å². The van der Waals surface area contributed by atoms with Crippen LogP contribution in [0.5, 0.6) is 0 Å². The van der Waals surface area contributed by atoms with Gasteiger partial charge in [0.05, 0.1) is 11.1 Å². The van der Waals surface area contributed by atoms with Crippen LogP contribution in [0, 0.1) is 6.92 Å². The first-order valence-corrected chi connectivity index (χ1v) is 9.37. The number of rotatable bonds is 6. The lowest BCUT2D eigenvalue weighted by molar-refractivity contribution is 0.100. The number of aromatic nitrogens is 3. The summed E-state index contributed by atoms with van der Waals surface area (Å²) < 4.78 is 0. The first kappa shape index (κ1) is 18.6. The highest BCUT2D eigenvalue weighted by atomic mass is 16.1. The fourth-order valence-corrected chi connectivity index (χ4v) is 3.37.